The van der Waals surface area contributed by atoms with Gasteiger partial charge in [-0.3, -0.25) is 4.79 Å². The molecule has 0 radical (unpaired) electrons. The predicted octanol–water partition coefficient (Wildman–Crippen LogP) is 8.18. The number of carbonyl (C=O) groups excluding carboxylic acids is 1. The Labute approximate surface area is 295 Å². The lowest BCUT2D eigenvalue weighted by Gasteiger charge is -2.64. The van der Waals surface area contributed by atoms with Crippen LogP contribution in [0.5, 0.6) is 0 Å². The molecule has 8 rings (SSSR count). The Bertz CT molecular complexity index is 2020. The maximum Gasteiger partial charge on any atom is 0.328 e. The van der Waals surface area contributed by atoms with Crippen LogP contribution in [-0.4, -0.2) is 48.9 Å². The summed E-state index contributed by atoms with van der Waals surface area (Å²) in [5.74, 6) is -0.734. The van der Waals surface area contributed by atoms with Crippen LogP contribution in [0.15, 0.2) is 48.1 Å². The number of nitrogens with zero attached hydrogens (tertiary/aromatic N) is 1. The van der Waals surface area contributed by atoms with Gasteiger partial charge >= 0.3 is 5.97 Å². The molecule has 50 heavy (non-hydrogen) atoms. The largest absolute Gasteiger partial charge is 0.478 e. The van der Waals surface area contributed by atoms with Gasteiger partial charge in [0.25, 0.3) is 0 Å². The summed E-state index contributed by atoms with van der Waals surface area (Å²) in [6.07, 6.45) is 10.3. The van der Waals surface area contributed by atoms with Gasteiger partial charge in [0.2, 0.25) is 0 Å². The van der Waals surface area contributed by atoms with Crippen LogP contribution >= 0.6 is 0 Å². The monoisotopic (exact) mass is 679 g/mol. The summed E-state index contributed by atoms with van der Waals surface area (Å²) >= 11 is 0. The SMILES string of the molecule is C=C(C)[C@@H]1C(=O)c2c3c(cc4c5c(n1c24)[C@@]1(C)C(CC[C@H]2[C@](C)(/C=C/C(C)=C/C(=O)O)[C@@H](O)CC[C@@]21C)C5)C1=CC(C)(C)OC(C)(C)C1[C@@H]3O. The second kappa shape index (κ2) is 10.2. The minimum absolute atomic E-state index is 0.0190. The standard InChI is InChI=1S/C43H53NO6/c1-21(2)34-37(49)32-31-24(27-20-39(4,5)50-40(6,7)33(27)36(31)48)19-25-26-18-23-11-12-28-41(8,15-13-22(3)17-30(46)47)29(45)14-16-42(28,9)43(23,10)38(26)44(34)35(25)32/h13,15,17,19-20,23,28-29,33-34,36,45,48H,1,11-12,14,16,18H2,2-10H3,(H,46,47)/b15-13+,22-17+/t23?,28-,29-,33?,34+,36+,41-,42-,43+/m0/s1. The highest BCUT2D eigenvalue weighted by atomic mass is 16.5. The Balaban J connectivity index is 1.36. The molecule has 2 fully saturated rings. The average molecular weight is 680 g/mol. The molecule has 4 aliphatic carbocycles. The number of aliphatic hydroxyl groups excluding tert-OH is 2. The summed E-state index contributed by atoms with van der Waals surface area (Å²) in [5, 5.41) is 34.3. The first-order chi connectivity index (χ1) is 23.2. The molecule has 0 bridgehead atoms. The van der Waals surface area contributed by atoms with Gasteiger partial charge in [-0.05, 0) is 125 Å². The highest BCUT2D eigenvalue weighted by Gasteiger charge is 2.67. The van der Waals surface area contributed by atoms with E-state index in [2.05, 4.69) is 64.0 Å². The first-order valence-electron chi connectivity index (χ1n) is 18.5. The van der Waals surface area contributed by atoms with Crippen molar-refractivity contribution in [2.45, 2.75) is 129 Å². The van der Waals surface area contributed by atoms with E-state index in [9.17, 15) is 24.9 Å². The third-order valence-electron chi connectivity index (χ3n) is 14.7. The molecular formula is C43H53NO6. The van der Waals surface area contributed by atoms with E-state index in [1.807, 2.05) is 26.8 Å². The molecule has 9 atom stereocenters. The topological polar surface area (TPSA) is 109 Å². The van der Waals surface area contributed by atoms with Crippen LogP contribution in [0, 0.1) is 28.6 Å². The van der Waals surface area contributed by atoms with Crippen LogP contribution in [0.2, 0.25) is 0 Å². The number of aliphatic carboxylic acids is 1. The van der Waals surface area contributed by atoms with E-state index in [1.54, 1.807) is 6.92 Å². The van der Waals surface area contributed by atoms with E-state index in [0.29, 0.717) is 23.5 Å². The molecule has 266 valence electrons. The van der Waals surface area contributed by atoms with Crippen molar-refractivity contribution >= 4 is 28.2 Å². The Morgan fingerprint density at radius 3 is 2.42 bits per heavy atom. The van der Waals surface area contributed by atoms with Crippen molar-refractivity contribution in [3.05, 3.63) is 76.0 Å². The molecule has 3 heterocycles. The Morgan fingerprint density at radius 2 is 1.76 bits per heavy atom. The van der Waals surface area contributed by atoms with Crippen LogP contribution in [0.25, 0.3) is 16.5 Å². The lowest BCUT2D eigenvalue weighted by molar-refractivity contribution is -0.144. The Kier molecular flexibility index (Phi) is 6.91. The predicted molar refractivity (Wildman–Crippen MR) is 195 cm³/mol. The third kappa shape index (κ3) is 4.03. The lowest BCUT2D eigenvalue weighted by Crippen LogP contribution is -2.62. The third-order valence-corrected chi connectivity index (χ3v) is 14.7. The summed E-state index contributed by atoms with van der Waals surface area (Å²) in [6.45, 7) is 23.4. The zero-order valence-corrected chi connectivity index (χ0v) is 31.1. The number of hydrogen-bond acceptors (Lipinski definition) is 5. The number of ketones is 1. The van der Waals surface area contributed by atoms with Gasteiger partial charge in [-0.1, -0.05) is 45.1 Å². The zero-order chi connectivity index (χ0) is 36.2. The quantitative estimate of drug-likeness (QED) is 0.171. The average Bonchev–Trinajstić information content (AvgIpc) is 3.66. The fourth-order valence-corrected chi connectivity index (χ4v) is 12.7. The van der Waals surface area contributed by atoms with Crippen molar-refractivity contribution in [1.82, 2.24) is 4.57 Å². The molecule has 3 N–H and O–H groups in total. The van der Waals surface area contributed by atoms with Crippen molar-refractivity contribution in [3.63, 3.8) is 0 Å². The van der Waals surface area contributed by atoms with E-state index in [1.165, 1.54) is 17.3 Å². The van der Waals surface area contributed by atoms with E-state index >= 15 is 0 Å². The fourth-order valence-electron chi connectivity index (χ4n) is 12.7. The van der Waals surface area contributed by atoms with Crippen LogP contribution in [0.1, 0.15) is 133 Å². The molecular weight excluding hydrogens is 626 g/mol. The number of benzene rings is 1. The highest BCUT2D eigenvalue weighted by molar-refractivity contribution is 6.18. The van der Waals surface area contributed by atoms with Gasteiger partial charge in [0, 0.05) is 39.5 Å². The molecule has 2 saturated carbocycles. The van der Waals surface area contributed by atoms with Crippen LogP contribution < -0.4 is 0 Å². The molecule has 0 spiro atoms. The first-order valence-corrected chi connectivity index (χ1v) is 18.5. The molecule has 0 amide bonds. The molecule has 6 aliphatic rings. The molecule has 2 aromatic rings. The number of aliphatic hydroxyl groups is 2. The van der Waals surface area contributed by atoms with Crippen molar-refractivity contribution in [3.8, 4) is 0 Å². The molecule has 1 aromatic carbocycles. The number of hydrogen-bond donors (Lipinski definition) is 3. The second-order valence-electron chi connectivity index (χ2n) is 18.4. The second-order valence-corrected chi connectivity index (χ2v) is 18.4. The van der Waals surface area contributed by atoms with Crippen molar-refractivity contribution < 1.29 is 29.6 Å². The normalized spacial score (nSPS) is 39.2. The number of ether oxygens (including phenoxy) is 1. The smallest absolute Gasteiger partial charge is 0.328 e. The fraction of sp³-hybridized carbons (Fsp3) is 0.581. The number of Topliss-reactive ketones (excluding diaryl/α,β-unsaturated/α-hetero) is 1. The van der Waals surface area contributed by atoms with Gasteiger partial charge in [-0.25, -0.2) is 4.79 Å². The van der Waals surface area contributed by atoms with Gasteiger partial charge in [-0.15, -0.1) is 0 Å². The number of carbonyl (C=O) groups is 2. The van der Waals surface area contributed by atoms with Crippen LogP contribution in [0.3, 0.4) is 0 Å². The molecule has 2 unspecified atom stereocenters. The summed E-state index contributed by atoms with van der Waals surface area (Å²) in [7, 11) is 0. The first kappa shape index (κ1) is 33.9. The van der Waals surface area contributed by atoms with Crippen molar-refractivity contribution in [2.75, 3.05) is 0 Å². The lowest BCUT2D eigenvalue weighted by atomic mass is 9.40. The van der Waals surface area contributed by atoms with E-state index in [-0.39, 0.29) is 28.4 Å². The van der Waals surface area contributed by atoms with Crippen LogP contribution in [0.4, 0.5) is 0 Å². The molecule has 1 aromatic heterocycles. The summed E-state index contributed by atoms with van der Waals surface area (Å²) < 4.78 is 8.86. The van der Waals surface area contributed by atoms with Gasteiger partial charge < -0.3 is 24.6 Å². The molecule has 7 nitrogen and oxygen atoms in total. The van der Waals surface area contributed by atoms with Crippen LogP contribution in [-0.2, 0) is 21.4 Å². The van der Waals surface area contributed by atoms with Gasteiger partial charge in [0.05, 0.1) is 34.5 Å². The summed E-state index contributed by atoms with van der Waals surface area (Å²) in [4.78, 5) is 26.2. The molecule has 0 saturated heterocycles. The number of fused-ring (bicyclic) bond motifs is 11. The number of carboxylic acid groups (broad SMARTS) is 1. The van der Waals surface area contributed by atoms with Crippen molar-refractivity contribution in [2.24, 2.45) is 28.6 Å². The number of rotatable bonds is 4. The highest BCUT2D eigenvalue weighted by Crippen LogP contribution is 2.71. The summed E-state index contributed by atoms with van der Waals surface area (Å²) in [6, 6.07) is 1.75. The maximum absolute atomic E-state index is 14.8. The number of aromatic nitrogens is 1. The molecule has 7 heteroatoms. The van der Waals surface area contributed by atoms with E-state index < -0.39 is 40.8 Å². The summed E-state index contributed by atoms with van der Waals surface area (Å²) in [5.41, 5.74) is 6.19. The Hall–Kier alpha value is -3.26. The van der Waals surface area contributed by atoms with Gasteiger partial charge in [-0.2, -0.15) is 0 Å². The zero-order valence-electron chi connectivity index (χ0n) is 31.1. The number of allylic oxidation sites excluding steroid dienone is 3. The van der Waals surface area contributed by atoms with Gasteiger partial charge in [0.15, 0.2) is 5.78 Å². The minimum Gasteiger partial charge on any atom is -0.478 e. The molecule has 2 aliphatic heterocycles. The maximum atomic E-state index is 14.8. The van der Waals surface area contributed by atoms with E-state index in [4.69, 9.17) is 4.74 Å². The van der Waals surface area contributed by atoms with Crippen molar-refractivity contribution in [1.29, 1.82) is 0 Å². The van der Waals surface area contributed by atoms with Gasteiger partial charge in [0.1, 0.15) is 6.04 Å². The van der Waals surface area contributed by atoms with E-state index in [0.717, 1.165) is 58.9 Å². The number of carboxylic acids is 1. The Morgan fingerprint density at radius 1 is 1.06 bits per heavy atom. The minimum atomic E-state index is -0.980.